The minimum absolute atomic E-state index is 0.325. The second-order valence-corrected chi connectivity index (χ2v) is 4.63. The lowest BCUT2D eigenvalue weighted by Gasteiger charge is -2.06. The van der Waals surface area contributed by atoms with Gasteiger partial charge < -0.3 is 5.73 Å². The Morgan fingerprint density at radius 3 is 2.75 bits per heavy atom. The van der Waals surface area contributed by atoms with Crippen molar-refractivity contribution in [2.24, 2.45) is 0 Å². The van der Waals surface area contributed by atoms with E-state index in [2.05, 4.69) is 4.98 Å². The number of rotatable bonds is 1. The lowest BCUT2D eigenvalue weighted by molar-refractivity contribution is 0.636. The molecule has 1 saturated carbocycles. The van der Waals surface area contributed by atoms with E-state index in [0.717, 1.165) is 18.5 Å². The van der Waals surface area contributed by atoms with Crippen molar-refractivity contribution in [2.45, 2.75) is 18.8 Å². The fourth-order valence-corrected chi connectivity index (χ4v) is 2.09. The molecular formula is C12H10ClFN2. The lowest BCUT2D eigenvalue weighted by Crippen LogP contribution is -1.96. The van der Waals surface area contributed by atoms with Gasteiger partial charge in [0.25, 0.3) is 0 Å². The van der Waals surface area contributed by atoms with Crippen LogP contribution in [-0.2, 0) is 0 Å². The predicted octanol–water partition coefficient (Wildman–Crippen LogP) is 3.49. The monoisotopic (exact) mass is 236 g/mol. The fraction of sp³-hybridized carbons (Fsp3) is 0.250. The Morgan fingerprint density at radius 2 is 2.06 bits per heavy atom. The zero-order valence-corrected chi connectivity index (χ0v) is 9.26. The van der Waals surface area contributed by atoms with Crippen molar-refractivity contribution < 1.29 is 4.39 Å². The van der Waals surface area contributed by atoms with Gasteiger partial charge in [0.1, 0.15) is 5.52 Å². The Labute approximate surface area is 97.2 Å². The summed E-state index contributed by atoms with van der Waals surface area (Å²) in [6.07, 6.45) is 2.24. The molecule has 0 unspecified atom stereocenters. The topological polar surface area (TPSA) is 38.9 Å². The smallest absolute Gasteiger partial charge is 0.150 e. The summed E-state index contributed by atoms with van der Waals surface area (Å²) in [5, 5.41) is 0.937. The van der Waals surface area contributed by atoms with E-state index in [1.807, 2.05) is 6.07 Å². The molecule has 2 N–H and O–H groups in total. The summed E-state index contributed by atoms with van der Waals surface area (Å²) in [6, 6.07) is 4.75. The van der Waals surface area contributed by atoms with Gasteiger partial charge in [-0.2, -0.15) is 0 Å². The highest BCUT2D eigenvalue weighted by Gasteiger charge is 2.26. The summed E-state index contributed by atoms with van der Waals surface area (Å²) in [7, 11) is 0. The van der Waals surface area contributed by atoms with Crippen LogP contribution in [0.3, 0.4) is 0 Å². The van der Waals surface area contributed by atoms with Crippen LogP contribution >= 0.6 is 11.6 Å². The standard InChI is InChI=1S/C12H10ClFN2/c13-7-3-8-10(15)5-11(6-1-2-6)16-12(8)9(14)4-7/h3-6H,1-2H2,(H2,15,16). The molecule has 1 aromatic carbocycles. The van der Waals surface area contributed by atoms with Crippen LogP contribution in [0, 0.1) is 5.82 Å². The first-order valence-electron chi connectivity index (χ1n) is 5.20. The molecule has 0 amide bonds. The van der Waals surface area contributed by atoms with E-state index < -0.39 is 5.82 Å². The maximum absolute atomic E-state index is 13.7. The van der Waals surface area contributed by atoms with Gasteiger partial charge in [-0.3, -0.25) is 0 Å². The number of fused-ring (bicyclic) bond motifs is 1. The number of aromatic nitrogens is 1. The molecule has 16 heavy (non-hydrogen) atoms. The normalized spacial score (nSPS) is 15.6. The summed E-state index contributed by atoms with van der Waals surface area (Å²) < 4.78 is 13.7. The fourth-order valence-electron chi connectivity index (χ4n) is 1.89. The number of hydrogen-bond acceptors (Lipinski definition) is 2. The molecule has 2 nitrogen and oxygen atoms in total. The molecular weight excluding hydrogens is 227 g/mol. The average molecular weight is 237 g/mol. The molecule has 1 heterocycles. The highest BCUT2D eigenvalue weighted by atomic mass is 35.5. The van der Waals surface area contributed by atoms with Crippen molar-refractivity contribution >= 4 is 28.2 Å². The molecule has 0 spiro atoms. The van der Waals surface area contributed by atoms with E-state index in [9.17, 15) is 4.39 Å². The molecule has 0 bridgehead atoms. The van der Waals surface area contributed by atoms with Crippen LogP contribution in [0.1, 0.15) is 24.5 Å². The first kappa shape index (κ1) is 9.85. The first-order valence-corrected chi connectivity index (χ1v) is 5.58. The van der Waals surface area contributed by atoms with Gasteiger partial charge in [-0.1, -0.05) is 11.6 Å². The van der Waals surface area contributed by atoms with Gasteiger partial charge >= 0.3 is 0 Å². The van der Waals surface area contributed by atoms with E-state index in [4.69, 9.17) is 17.3 Å². The van der Waals surface area contributed by atoms with Gasteiger partial charge in [0.15, 0.2) is 5.82 Å². The molecule has 4 heteroatoms. The van der Waals surface area contributed by atoms with E-state index in [1.165, 1.54) is 6.07 Å². The van der Waals surface area contributed by atoms with Gasteiger partial charge in [-0.05, 0) is 31.0 Å². The Bertz CT molecular complexity index is 579. The van der Waals surface area contributed by atoms with Crippen LogP contribution in [0.4, 0.5) is 10.1 Å². The lowest BCUT2D eigenvalue weighted by atomic mass is 10.1. The molecule has 0 aliphatic heterocycles. The number of pyridine rings is 1. The second kappa shape index (κ2) is 3.32. The van der Waals surface area contributed by atoms with E-state index >= 15 is 0 Å². The number of benzene rings is 1. The number of nitrogens with two attached hydrogens (primary N) is 1. The molecule has 0 radical (unpaired) electrons. The van der Waals surface area contributed by atoms with Crippen molar-refractivity contribution in [1.82, 2.24) is 4.98 Å². The summed E-state index contributed by atoms with van der Waals surface area (Å²) in [4.78, 5) is 4.33. The number of halogens is 2. The van der Waals surface area contributed by atoms with Crippen molar-refractivity contribution in [2.75, 3.05) is 5.73 Å². The van der Waals surface area contributed by atoms with Crippen molar-refractivity contribution in [3.63, 3.8) is 0 Å². The van der Waals surface area contributed by atoms with Crippen LogP contribution in [0.15, 0.2) is 18.2 Å². The summed E-state index contributed by atoms with van der Waals surface area (Å²) in [6.45, 7) is 0. The molecule has 0 atom stereocenters. The number of nitrogens with zero attached hydrogens (tertiary/aromatic N) is 1. The third-order valence-electron chi connectivity index (χ3n) is 2.88. The zero-order chi connectivity index (χ0) is 11.3. The van der Waals surface area contributed by atoms with Gasteiger partial charge in [0.2, 0.25) is 0 Å². The molecule has 0 saturated heterocycles. The molecule has 1 aliphatic rings. The minimum Gasteiger partial charge on any atom is -0.398 e. The molecule has 82 valence electrons. The largest absolute Gasteiger partial charge is 0.398 e. The highest BCUT2D eigenvalue weighted by Crippen LogP contribution is 2.41. The molecule has 1 aliphatic carbocycles. The minimum atomic E-state index is -0.406. The van der Waals surface area contributed by atoms with Crippen LogP contribution in [0.25, 0.3) is 10.9 Å². The summed E-state index contributed by atoms with van der Waals surface area (Å²) in [5.41, 5.74) is 7.66. The molecule has 2 aromatic rings. The van der Waals surface area contributed by atoms with Crippen LogP contribution < -0.4 is 5.73 Å². The zero-order valence-electron chi connectivity index (χ0n) is 8.50. The quantitative estimate of drug-likeness (QED) is 0.823. The van der Waals surface area contributed by atoms with Gasteiger partial charge in [0.05, 0.1) is 0 Å². The number of hydrogen-bond donors (Lipinski definition) is 1. The number of anilines is 1. The van der Waals surface area contributed by atoms with E-state index in [-0.39, 0.29) is 0 Å². The van der Waals surface area contributed by atoms with Crippen LogP contribution in [-0.4, -0.2) is 4.98 Å². The van der Waals surface area contributed by atoms with Gasteiger partial charge in [-0.15, -0.1) is 0 Å². The predicted molar refractivity (Wildman–Crippen MR) is 63.1 cm³/mol. The second-order valence-electron chi connectivity index (χ2n) is 4.19. The maximum atomic E-state index is 13.7. The average Bonchev–Trinajstić information content (AvgIpc) is 3.02. The third kappa shape index (κ3) is 1.52. The van der Waals surface area contributed by atoms with Crippen LogP contribution in [0.2, 0.25) is 5.02 Å². The van der Waals surface area contributed by atoms with E-state index in [0.29, 0.717) is 27.5 Å². The Balaban J connectivity index is 2.32. The Kier molecular flexibility index (Phi) is 2.04. The molecule has 1 fully saturated rings. The number of nitrogen functional groups attached to an aromatic ring is 1. The van der Waals surface area contributed by atoms with Crippen molar-refractivity contribution in [1.29, 1.82) is 0 Å². The maximum Gasteiger partial charge on any atom is 0.150 e. The molecule has 3 rings (SSSR count). The van der Waals surface area contributed by atoms with Crippen molar-refractivity contribution in [3.8, 4) is 0 Å². The molecule has 1 aromatic heterocycles. The van der Waals surface area contributed by atoms with Crippen LogP contribution in [0.5, 0.6) is 0 Å². The first-order chi connectivity index (χ1) is 7.65. The van der Waals surface area contributed by atoms with Gasteiger partial charge in [0, 0.05) is 27.7 Å². The highest BCUT2D eigenvalue weighted by molar-refractivity contribution is 6.31. The SMILES string of the molecule is Nc1cc(C2CC2)nc2c(F)cc(Cl)cc12. The third-order valence-corrected chi connectivity index (χ3v) is 3.10. The van der Waals surface area contributed by atoms with E-state index in [1.54, 1.807) is 6.07 Å². The Morgan fingerprint density at radius 1 is 1.31 bits per heavy atom. The summed E-state index contributed by atoms with van der Waals surface area (Å²) >= 11 is 5.79. The van der Waals surface area contributed by atoms with Gasteiger partial charge in [-0.25, -0.2) is 9.37 Å². The Hall–Kier alpha value is -1.35. The summed E-state index contributed by atoms with van der Waals surface area (Å²) in [5.74, 6) is 0.0541. The van der Waals surface area contributed by atoms with Crippen molar-refractivity contribution in [3.05, 3.63) is 34.7 Å².